The molecule has 0 radical (unpaired) electrons. The molecule has 2 atom stereocenters. The summed E-state index contributed by atoms with van der Waals surface area (Å²) in [5.74, 6) is 0.878. The highest BCUT2D eigenvalue weighted by molar-refractivity contribution is 5.99. The van der Waals surface area contributed by atoms with Crippen molar-refractivity contribution in [3.63, 3.8) is 0 Å². The SMILES string of the molecule is CC1C=C(N(C2=Cc3ccc4cc(-c5cc6ccccc6cc5-c5ccccc5)ccc4c3CC2)c2ccc3c(c2)C=CCC3)/C=C\C(C)CC/C=C\1. The fraction of sp³-hybridized carbons (Fsp3) is 0.192. The van der Waals surface area contributed by atoms with E-state index in [4.69, 9.17) is 0 Å². The first kappa shape index (κ1) is 33.2. The average molecular weight is 686 g/mol. The summed E-state index contributed by atoms with van der Waals surface area (Å²) < 4.78 is 0. The second kappa shape index (κ2) is 14.4. The van der Waals surface area contributed by atoms with E-state index in [2.05, 4.69) is 183 Å². The molecule has 6 aromatic carbocycles. The van der Waals surface area contributed by atoms with Gasteiger partial charge in [-0.15, -0.1) is 0 Å². The predicted molar refractivity (Wildman–Crippen MR) is 229 cm³/mol. The molecule has 53 heavy (non-hydrogen) atoms. The number of benzene rings is 6. The van der Waals surface area contributed by atoms with Crippen molar-refractivity contribution in [2.24, 2.45) is 11.8 Å². The lowest BCUT2D eigenvalue weighted by molar-refractivity contribution is 0.654. The van der Waals surface area contributed by atoms with Gasteiger partial charge in [0.05, 0.1) is 0 Å². The van der Waals surface area contributed by atoms with Gasteiger partial charge in [0, 0.05) is 17.1 Å². The number of hydrogen-bond donors (Lipinski definition) is 0. The van der Waals surface area contributed by atoms with E-state index in [1.54, 1.807) is 0 Å². The van der Waals surface area contributed by atoms with Crippen LogP contribution in [0.5, 0.6) is 0 Å². The normalized spacial score (nSPS) is 19.5. The molecule has 3 aliphatic rings. The van der Waals surface area contributed by atoms with Crippen molar-refractivity contribution in [3.8, 4) is 22.3 Å². The Kier molecular flexibility index (Phi) is 9.02. The zero-order valence-corrected chi connectivity index (χ0v) is 30.9. The minimum absolute atomic E-state index is 0.350. The monoisotopic (exact) mass is 685 g/mol. The lowest BCUT2D eigenvalue weighted by atomic mass is 9.87. The van der Waals surface area contributed by atoms with Crippen LogP contribution in [-0.4, -0.2) is 0 Å². The number of fused-ring (bicyclic) bond motifs is 5. The molecule has 1 heteroatoms. The van der Waals surface area contributed by atoms with Crippen molar-refractivity contribution in [2.75, 3.05) is 4.90 Å². The van der Waals surface area contributed by atoms with Gasteiger partial charge >= 0.3 is 0 Å². The van der Waals surface area contributed by atoms with E-state index < -0.39 is 0 Å². The zero-order chi connectivity index (χ0) is 35.7. The minimum atomic E-state index is 0.350. The number of anilines is 1. The molecule has 0 N–H and O–H groups in total. The first-order valence-electron chi connectivity index (χ1n) is 19.6. The average Bonchev–Trinajstić information content (AvgIpc) is 3.21. The zero-order valence-electron chi connectivity index (χ0n) is 30.9. The van der Waals surface area contributed by atoms with E-state index in [0.29, 0.717) is 11.8 Å². The molecule has 6 aromatic rings. The van der Waals surface area contributed by atoms with Crippen LogP contribution in [0.15, 0.2) is 163 Å². The van der Waals surface area contributed by atoms with Crippen molar-refractivity contribution < 1.29 is 0 Å². The molecular formula is C52H47N. The van der Waals surface area contributed by atoms with Crippen LogP contribution in [0.1, 0.15) is 61.8 Å². The van der Waals surface area contributed by atoms with E-state index in [1.165, 1.54) is 89.6 Å². The third-order valence-electron chi connectivity index (χ3n) is 11.5. The summed E-state index contributed by atoms with van der Waals surface area (Å²) in [6, 6.07) is 43.2. The van der Waals surface area contributed by atoms with Gasteiger partial charge in [0.1, 0.15) is 0 Å². The Morgan fingerprint density at radius 3 is 2.25 bits per heavy atom. The largest absolute Gasteiger partial charge is 0.314 e. The van der Waals surface area contributed by atoms with Gasteiger partial charge in [-0.05, 0) is 159 Å². The van der Waals surface area contributed by atoms with Crippen LogP contribution in [0.3, 0.4) is 0 Å². The van der Waals surface area contributed by atoms with Gasteiger partial charge in [-0.2, -0.15) is 0 Å². The van der Waals surface area contributed by atoms with E-state index >= 15 is 0 Å². The van der Waals surface area contributed by atoms with Crippen LogP contribution in [0.25, 0.3) is 56.0 Å². The van der Waals surface area contributed by atoms with Crippen molar-refractivity contribution >= 4 is 39.4 Å². The van der Waals surface area contributed by atoms with Crippen LogP contribution in [0.4, 0.5) is 5.69 Å². The molecule has 9 rings (SSSR count). The highest BCUT2D eigenvalue weighted by Crippen LogP contribution is 2.41. The maximum Gasteiger partial charge on any atom is 0.0464 e. The van der Waals surface area contributed by atoms with Gasteiger partial charge in [0.25, 0.3) is 0 Å². The minimum Gasteiger partial charge on any atom is -0.314 e. The van der Waals surface area contributed by atoms with E-state index in [1.807, 2.05) is 0 Å². The Labute approximate surface area is 315 Å². The third-order valence-corrected chi connectivity index (χ3v) is 11.5. The first-order chi connectivity index (χ1) is 26.1. The summed E-state index contributed by atoms with van der Waals surface area (Å²) in [4.78, 5) is 2.55. The fourth-order valence-corrected chi connectivity index (χ4v) is 8.60. The van der Waals surface area contributed by atoms with Gasteiger partial charge in [-0.3, -0.25) is 0 Å². The van der Waals surface area contributed by atoms with Crippen molar-refractivity contribution in [1.29, 1.82) is 0 Å². The highest BCUT2D eigenvalue weighted by Gasteiger charge is 2.23. The smallest absolute Gasteiger partial charge is 0.0464 e. The fourth-order valence-electron chi connectivity index (χ4n) is 8.60. The van der Waals surface area contributed by atoms with Gasteiger partial charge in [0.2, 0.25) is 0 Å². The summed E-state index contributed by atoms with van der Waals surface area (Å²) >= 11 is 0. The Hall–Kier alpha value is -5.66. The van der Waals surface area contributed by atoms with Crippen molar-refractivity contribution in [2.45, 2.75) is 52.4 Å². The van der Waals surface area contributed by atoms with Gasteiger partial charge < -0.3 is 4.90 Å². The van der Waals surface area contributed by atoms with Crippen LogP contribution >= 0.6 is 0 Å². The quantitative estimate of drug-likeness (QED) is 0.163. The molecule has 0 saturated heterocycles. The molecule has 0 bridgehead atoms. The molecule has 0 aliphatic heterocycles. The van der Waals surface area contributed by atoms with Crippen LogP contribution < -0.4 is 4.90 Å². The molecule has 0 aromatic heterocycles. The molecule has 0 heterocycles. The van der Waals surface area contributed by atoms with Crippen molar-refractivity contribution in [1.82, 2.24) is 0 Å². The van der Waals surface area contributed by atoms with Crippen LogP contribution in [0.2, 0.25) is 0 Å². The van der Waals surface area contributed by atoms with Gasteiger partial charge in [0.15, 0.2) is 0 Å². The van der Waals surface area contributed by atoms with Gasteiger partial charge in [-0.1, -0.05) is 135 Å². The summed E-state index contributed by atoms with van der Waals surface area (Å²) in [5.41, 5.74) is 14.5. The molecule has 0 amide bonds. The first-order valence-corrected chi connectivity index (χ1v) is 19.6. The molecular weight excluding hydrogens is 639 g/mol. The maximum absolute atomic E-state index is 2.55. The third kappa shape index (κ3) is 6.73. The summed E-state index contributed by atoms with van der Waals surface area (Å²) in [6.45, 7) is 4.66. The van der Waals surface area contributed by atoms with Crippen LogP contribution in [-0.2, 0) is 12.8 Å². The predicted octanol–water partition coefficient (Wildman–Crippen LogP) is 14.1. The molecule has 1 nitrogen and oxygen atoms in total. The lowest BCUT2D eigenvalue weighted by Gasteiger charge is -2.33. The van der Waals surface area contributed by atoms with E-state index in [9.17, 15) is 0 Å². The Morgan fingerprint density at radius 1 is 0.585 bits per heavy atom. The molecule has 3 aliphatic carbocycles. The highest BCUT2D eigenvalue weighted by atomic mass is 15.2. The number of aryl methyl sites for hydroxylation is 2. The number of allylic oxidation sites excluding steroid dienone is 7. The lowest BCUT2D eigenvalue weighted by Crippen LogP contribution is -2.24. The standard InChI is InChI=1S/C52H47N/c1-36-12-6-7-13-37(2)30-46(25-20-36)53(47-26-23-38-14-8-9-17-40(38)32-47)48-27-29-50-45(33-48)22-21-43-31-44(24-28-49(43)50)52-35-42-19-11-10-18-41(42)34-51(52)39-15-4-3-5-16-39/h3-5,7,9-11,13,15-26,28,30-37H,6,8,12,14,27,29H2,1-2H3/b13-7-,25-20-,46-30?. The number of rotatable bonds is 5. The second-order valence-electron chi connectivity index (χ2n) is 15.3. The molecule has 0 saturated carbocycles. The van der Waals surface area contributed by atoms with E-state index in [0.717, 1.165) is 32.1 Å². The van der Waals surface area contributed by atoms with Gasteiger partial charge in [-0.25, -0.2) is 0 Å². The Morgan fingerprint density at radius 2 is 1.40 bits per heavy atom. The topological polar surface area (TPSA) is 3.24 Å². The molecule has 260 valence electrons. The summed E-state index contributed by atoms with van der Waals surface area (Å²) in [6.07, 6.45) is 25.7. The summed E-state index contributed by atoms with van der Waals surface area (Å²) in [5, 5.41) is 5.20. The molecule has 0 spiro atoms. The number of hydrogen-bond acceptors (Lipinski definition) is 1. The molecule has 0 fully saturated rings. The Bertz CT molecular complexity index is 2490. The second-order valence-corrected chi connectivity index (χ2v) is 15.3. The maximum atomic E-state index is 2.55. The Balaban J connectivity index is 1.14. The van der Waals surface area contributed by atoms with E-state index in [-0.39, 0.29) is 0 Å². The summed E-state index contributed by atoms with van der Waals surface area (Å²) in [7, 11) is 0. The van der Waals surface area contributed by atoms with Crippen molar-refractivity contribution in [3.05, 3.63) is 185 Å². The molecule has 2 unspecified atom stereocenters. The van der Waals surface area contributed by atoms with Crippen LogP contribution in [0, 0.1) is 11.8 Å². The number of nitrogens with zero attached hydrogens (tertiary/aromatic N) is 1.